The van der Waals surface area contributed by atoms with Crippen LogP contribution in [-0.2, 0) is 4.74 Å². The van der Waals surface area contributed by atoms with Crippen LogP contribution in [0.4, 0.5) is 0 Å². The lowest BCUT2D eigenvalue weighted by atomic mass is 9.99. The highest BCUT2D eigenvalue weighted by atomic mass is 16.7. The fraction of sp³-hybridized carbons (Fsp3) is 0.333. The minimum atomic E-state index is -1.81. The van der Waals surface area contributed by atoms with Gasteiger partial charge in [0.25, 0.3) is 0 Å². The number of rotatable bonds is 4. The molecule has 2 aromatic carbocycles. The highest BCUT2D eigenvalue weighted by molar-refractivity contribution is 6.22. The first kappa shape index (κ1) is 22.2. The highest BCUT2D eigenvalue weighted by Crippen LogP contribution is 2.45. The van der Waals surface area contributed by atoms with Crippen LogP contribution < -0.4 is 20.7 Å². The average Bonchev–Trinajstić information content (AvgIpc) is 2.81. The number of hydrogen-bond donors (Lipinski definition) is 6. The minimum absolute atomic E-state index is 0.0159. The molecule has 0 spiro atoms. The van der Waals surface area contributed by atoms with E-state index < -0.39 is 71.4 Å². The van der Waals surface area contributed by atoms with Crippen LogP contribution in [0.2, 0.25) is 0 Å². The Labute approximate surface area is 187 Å². The first-order chi connectivity index (χ1) is 16.2. The van der Waals surface area contributed by atoms with E-state index in [4.69, 9.17) is 23.0 Å². The molecule has 5 rings (SSSR count). The molecule has 180 valence electrons. The van der Waals surface area contributed by atoms with Crippen molar-refractivity contribution in [2.45, 2.75) is 30.7 Å². The zero-order valence-electron chi connectivity index (χ0n) is 17.3. The fourth-order valence-corrected chi connectivity index (χ4v) is 4.14. The van der Waals surface area contributed by atoms with Crippen molar-refractivity contribution in [1.82, 2.24) is 0 Å². The van der Waals surface area contributed by atoms with Gasteiger partial charge >= 0.3 is 11.3 Å². The molecule has 0 bridgehead atoms. The van der Waals surface area contributed by atoms with Crippen molar-refractivity contribution in [2.24, 2.45) is 0 Å². The summed E-state index contributed by atoms with van der Waals surface area (Å²) in [6.07, 6.45) is -8.19. The standard InChI is InChI=1S/C21H18O13/c1-30-16-7(23)2-5-11-10-6(20(29)34-18(11)16)3-8(13(25)17(10)33-19(5)28)31-21-15(27)14(26)12(24)9(4-22)32-21/h2-3,9,12,14-15,21-27H,4H2,1H3. The van der Waals surface area contributed by atoms with Crippen LogP contribution in [-0.4, -0.2) is 75.1 Å². The summed E-state index contributed by atoms with van der Waals surface area (Å²) in [6, 6.07) is 2.12. The van der Waals surface area contributed by atoms with E-state index in [1.807, 2.05) is 0 Å². The van der Waals surface area contributed by atoms with Crippen LogP contribution in [0.15, 0.2) is 30.6 Å². The van der Waals surface area contributed by atoms with Crippen LogP contribution in [0, 0.1) is 0 Å². The number of methoxy groups -OCH3 is 1. The molecule has 6 N–H and O–H groups in total. The highest BCUT2D eigenvalue weighted by Gasteiger charge is 2.45. The molecule has 13 heteroatoms. The van der Waals surface area contributed by atoms with Crippen molar-refractivity contribution in [3.05, 3.63) is 33.0 Å². The zero-order valence-corrected chi connectivity index (χ0v) is 17.3. The van der Waals surface area contributed by atoms with Gasteiger partial charge in [0, 0.05) is 10.8 Å². The molecular weight excluding hydrogens is 460 g/mol. The molecule has 1 aliphatic rings. The third-order valence-corrected chi connectivity index (χ3v) is 5.81. The first-order valence-electron chi connectivity index (χ1n) is 9.93. The van der Waals surface area contributed by atoms with Crippen LogP contribution in [0.1, 0.15) is 0 Å². The monoisotopic (exact) mass is 478 g/mol. The normalized spacial score (nSPS) is 25.4. The maximum Gasteiger partial charge on any atom is 0.344 e. The van der Waals surface area contributed by atoms with Gasteiger partial charge < -0.3 is 53.7 Å². The largest absolute Gasteiger partial charge is 0.504 e. The van der Waals surface area contributed by atoms with E-state index in [0.717, 1.165) is 12.1 Å². The average molecular weight is 478 g/mol. The molecule has 5 unspecified atom stereocenters. The molecule has 1 saturated heterocycles. The van der Waals surface area contributed by atoms with E-state index in [1.54, 1.807) is 0 Å². The topological polar surface area (TPSA) is 209 Å². The molecule has 1 fully saturated rings. The second kappa shape index (κ2) is 7.72. The zero-order chi connectivity index (χ0) is 24.5. The van der Waals surface area contributed by atoms with Gasteiger partial charge in [0.05, 0.1) is 24.5 Å². The van der Waals surface area contributed by atoms with Crippen LogP contribution in [0.25, 0.3) is 32.7 Å². The molecule has 13 nitrogen and oxygen atoms in total. The number of hydrogen-bond acceptors (Lipinski definition) is 13. The van der Waals surface area contributed by atoms with Gasteiger partial charge in [-0.1, -0.05) is 0 Å². The Morgan fingerprint density at radius 3 is 2.18 bits per heavy atom. The van der Waals surface area contributed by atoms with E-state index in [0.29, 0.717) is 0 Å². The predicted octanol–water partition coefficient (Wildman–Crippen LogP) is -0.911. The second-order valence-electron chi connectivity index (χ2n) is 7.75. The number of aromatic hydroxyl groups is 2. The number of phenolic OH excluding ortho intramolecular Hbond substituents is 2. The SMILES string of the molecule is COc1c(O)cc2c(=O)oc3c(O)c(OC4OC(CO)C(O)C(O)C4O)cc4c(=O)oc1c2c34. The predicted molar refractivity (Wildman–Crippen MR) is 111 cm³/mol. The first-order valence-corrected chi connectivity index (χ1v) is 9.93. The van der Waals surface area contributed by atoms with Crippen molar-refractivity contribution in [3.63, 3.8) is 0 Å². The van der Waals surface area contributed by atoms with Gasteiger partial charge in [-0.25, -0.2) is 9.59 Å². The summed E-state index contributed by atoms with van der Waals surface area (Å²) in [5.74, 6) is -1.91. The van der Waals surface area contributed by atoms with E-state index in [9.17, 15) is 40.2 Å². The lowest BCUT2D eigenvalue weighted by Crippen LogP contribution is -2.60. The number of phenols is 2. The van der Waals surface area contributed by atoms with Crippen molar-refractivity contribution in [1.29, 1.82) is 0 Å². The number of benzene rings is 2. The maximum atomic E-state index is 12.8. The van der Waals surface area contributed by atoms with Gasteiger partial charge in [0.2, 0.25) is 17.8 Å². The molecular formula is C21H18O13. The van der Waals surface area contributed by atoms with Crippen LogP contribution in [0.3, 0.4) is 0 Å². The minimum Gasteiger partial charge on any atom is -0.504 e. The summed E-state index contributed by atoms with van der Waals surface area (Å²) >= 11 is 0. The van der Waals surface area contributed by atoms with Gasteiger partial charge in [-0.05, 0) is 12.1 Å². The Morgan fingerprint density at radius 2 is 1.53 bits per heavy atom. The number of aliphatic hydroxyl groups is 4. The van der Waals surface area contributed by atoms with Crippen molar-refractivity contribution in [3.8, 4) is 23.0 Å². The number of ether oxygens (including phenoxy) is 3. The Balaban J connectivity index is 1.75. The Bertz CT molecular complexity index is 1520. The van der Waals surface area contributed by atoms with Crippen molar-refractivity contribution >= 4 is 32.7 Å². The van der Waals surface area contributed by atoms with Gasteiger partial charge in [0.15, 0.2) is 22.7 Å². The van der Waals surface area contributed by atoms with E-state index in [2.05, 4.69) is 0 Å². The lowest BCUT2D eigenvalue weighted by Gasteiger charge is -2.39. The Hall–Kier alpha value is -3.62. The second-order valence-corrected chi connectivity index (χ2v) is 7.75. The van der Waals surface area contributed by atoms with Crippen molar-refractivity contribution < 1.29 is 53.7 Å². The molecule has 34 heavy (non-hydrogen) atoms. The molecule has 1 aliphatic heterocycles. The summed E-state index contributed by atoms with van der Waals surface area (Å²) in [5, 5.41) is 60.1. The third-order valence-electron chi connectivity index (χ3n) is 5.81. The van der Waals surface area contributed by atoms with E-state index >= 15 is 0 Å². The molecule has 0 amide bonds. The fourth-order valence-electron chi connectivity index (χ4n) is 4.14. The van der Waals surface area contributed by atoms with Crippen LogP contribution >= 0.6 is 0 Å². The van der Waals surface area contributed by atoms with Gasteiger partial charge in [-0.2, -0.15) is 0 Å². The summed E-state index contributed by atoms with van der Waals surface area (Å²) < 4.78 is 26.3. The molecule has 0 saturated carbocycles. The summed E-state index contributed by atoms with van der Waals surface area (Å²) in [7, 11) is 1.22. The molecule has 0 radical (unpaired) electrons. The summed E-state index contributed by atoms with van der Waals surface area (Å²) in [6.45, 7) is -0.718. The Morgan fingerprint density at radius 1 is 0.912 bits per heavy atom. The van der Waals surface area contributed by atoms with E-state index in [-0.39, 0.29) is 32.9 Å². The maximum absolute atomic E-state index is 12.8. The molecule has 3 heterocycles. The van der Waals surface area contributed by atoms with Gasteiger partial charge in [0.1, 0.15) is 24.4 Å². The summed E-state index contributed by atoms with van der Waals surface area (Å²) in [4.78, 5) is 25.4. The van der Waals surface area contributed by atoms with E-state index in [1.165, 1.54) is 7.11 Å². The third kappa shape index (κ3) is 2.99. The molecule has 2 aromatic heterocycles. The Kier molecular flexibility index (Phi) is 5.03. The molecule has 0 aliphatic carbocycles. The molecule has 4 aromatic rings. The van der Waals surface area contributed by atoms with Gasteiger partial charge in [-0.15, -0.1) is 0 Å². The number of aliphatic hydroxyl groups excluding tert-OH is 4. The van der Waals surface area contributed by atoms with Crippen LogP contribution in [0.5, 0.6) is 23.0 Å². The lowest BCUT2D eigenvalue weighted by molar-refractivity contribution is -0.277. The quantitative estimate of drug-likeness (QED) is 0.155. The smallest absolute Gasteiger partial charge is 0.344 e. The van der Waals surface area contributed by atoms with Crippen molar-refractivity contribution in [2.75, 3.05) is 13.7 Å². The van der Waals surface area contributed by atoms with Gasteiger partial charge in [-0.3, -0.25) is 0 Å². The summed E-state index contributed by atoms with van der Waals surface area (Å²) in [5.41, 5.74) is -2.64. The molecule has 5 atom stereocenters.